The van der Waals surface area contributed by atoms with Crippen molar-refractivity contribution in [2.24, 2.45) is 5.92 Å². The lowest BCUT2D eigenvalue weighted by Gasteiger charge is -2.18. The average molecular weight is 667 g/mol. The van der Waals surface area contributed by atoms with Gasteiger partial charge in [-0.15, -0.1) is 0 Å². The molecule has 4 amide bonds. The molecule has 48 heavy (non-hydrogen) atoms. The van der Waals surface area contributed by atoms with Gasteiger partial charge in [0, 0.05) is 0 Å². The van der Waals surface area contributed by atoms with Gasteiger partial charge in [-0.3, -0.25) is 40.9 Å². The molecule has 0 radical (unpaired) electrons. The van der Waals surface area contributed by atoms with Gasteiger partial charge in [0.15, 0.2) is 0 Å². The molecule has 0 fully saturated rings. The molecule has 0 unspecified atom stereocenters. The van der Waals surface area contributed by atoms with Crippen LogP contribution >= 0.6 is 0 Å². The van der Waals surface area contributed by atoms with Crippen LogP contribution in [0.2, 0.25) is 0 Å². The van der Waals surface area contributed by atoms with Gasteiger partial charge in [-0.2, -0.15) is 0 Å². The van der Waals surface area contributed by atoms with E-state index in [4.69, 9.17) is 0 Å². The van der Waals surface area contributed by atoms with E-state index in [1.54, 1.807) is 24.3 Å². The minimum absolute atomic E-state index is 0.0241. The van der Waals surface area contributed by atoms with Gasteiger partial charge in [-0.05, 0) is 67.5 Å². The summed E-state index contributed by atoms with van der Waals surface area (Å²) in [5.74, 6) is -4.53. The molecular formula is C38H58N4O6. The van der Waals surface area contributed by atoms with Crippen LogP contribution in [0, 0.1) is 5.92 Å². The number of phenolic OH excluding ortho intramolecular Hbond substituents is 2. The first kappa shape index (κ1) is 40.1. The molecule has 0 spiro atoms. The third-order valence-electron chi connectivity index (χ3n) is 8.58. The van der Waals surface area contributed by atoms with Gasteiger partial charge in [-0.1, -0.05) is 116 Å². The molecule has 0 heterocycles. The highest BCUT2D eigenvalue weighted by Crippen LogP contribution is 2.22. The second-order valence-corrected chi connectivity index (χ2v) is 12.7. The zero-order chi connectivity index (χ0) is 35.1. The maximum Gasteiger partial charge on any atom is 0.273 e. The van der Waals surface area contributed by atoms with Gasteiger partial charge in [-0.25, -0.2) is 0 Å². The maximum absolute atomic E-state index is 13.2. The number of aryl methyl sites for hydroxylation is 2. The third-order valence-corrected chi connectivity index (χ3v) is 8.58. The number of hydrogen-bond acceptors (Lipinski definition) is 6. The Morgan fingerprint density at radius 3 is 1.31 bits per heavy atom. The van der Waals surface area contributed by atoms with E-state index >= 15 is 0 Å². The molecular weight excluding hydrogens is 608 g/mol. The molecule has 6 N–H and O–H groups in total. The lowest BCUT2D eigenvalue weighted by Crippen LogP contribution is -2.51. The van der Waals surface area contributed by atoms with Crippen molar-refractivity contribution in [1.29, 1.82) is 0 Å². The van der Waals surface area contributed by atoms with Crippen LogP contribution in [0.5, 0.6) is 11.5 Å². The molecule has 0 bridgehead atoms. The molecule has 0 atom stereocenters. The first-order valence-corrected chi connectivity index (χ1v) is 18.1. The summed E-state index contributed by atoms with van der Waals surface area (Å²) >= 11 is 0. The van der Waals surface area contributed by atoms with Crippen LogP contribution in [-0.4, -0.2) is 33.8 Å². The number of carbonyl (C=O) groups is 4. The maximum atomic E-state index is 13.2. The van der Waals surface area contributed by atoms with Crippen molar-refractivity contribution in [3.8, 4) is 11.5 Å². The lowest BCUT2D eigenvalue weighted by atomic mass is 9.98. The van der Waals surface area contributed by atoms with Crippen LogP contribution < -0.4 is 21.7 Å². The zero-order valence-corrected chi connectivity index (χ0v) is 29.3. The molecule has 0 aromatic heterocycles. The first-order valence-electron chi connectivity index (χ1n) is 18.1. The molecule has 10 heteroatoms. The van der Waals surface area contributed by atoms with E-state index < -0.39 is 29.5 Å². The van der Waals surface area contributed by atoms with Crippen molar-refractivity contribution < 1.29 is 29.4 Å². The van der Waals surface area contributed by atoms with Crippen molar-refractivity contribution in [2.45, 2.75) is 136 Å². The Labute approximate surface area is 286 Å². The second kappa shape index (κ2) is 23.3. The molecule has 0 aliphatic rings. The van der Waals surface area contributed by atoms with Crippen molar-refractivity contribution in [3.63, 3.8) is 0 Å². The highest BCUT2D eigenvalue weighted by atomic mass is 16.3. The zero-order valence-electron chi connectivity index (χ0n) is 29.3. The fourth-order valence-electron chi connectivity index (χ4n) is 5.59. The molecule has 2 rings (SSSR count). The predicted molar refractivity (Wildman–Crippen MR) is 189 cm³/mol. The minimum Gasteiger partial charge on any atom is -0.507 e. The van der Waals surface area contributed by atoms with E-state index in [0.717, 1.165) is 107 Å². The summed E-state index contributed by atoms with van der Waals surface area (Å²) in [6.07, 6.45) is 17.2. The number of amides is 4. The van der Waals surface area contributed by atoms with E-state index in [0.29, 0.717) is 6.42 Å². The Balaban J connectivity index is 2.04. The fourth-order valence-corrected chi connectivity index (χ4v) is 5.59. The van der Waals surface area contributed by atoms with Crippen LogP contribution in [0.1, 0.15) is 155 Å². The Morgan fingerprint density at radius 1 is 0.521 bits per heavy atom. The minimum atomic E-state index is -1.21. The van der Waals surface area contributed by atoms with E-state index in [1.807, 2.05) is 0 Å². The number of phenols is 2. The summed E-state index contributed by atoms with van der Waals surface area (Å²) in [5, 5.41) is 20.6. The van der Waals surface area contributed by atoms with E-state index in [1.165, 1.54) is 18.6 Å². The number of nitrogens with one attached hydrogen (secondary N) is 4. The quantitative estimate of drug-likeness (QED) is 0.0439. The fraction of sp³-hybridized carbons (Fsp3) is 0.579. The number of hydrazine groups is 2. The monoisotopic (exact) mass is 666 g/mol. The summed E-state index contributed by atoms with van der Waals surface area (Å²) in [7, 11) is 0. The molecule has 0 aliphatic heterocycles. The standard InChI is InChI=1S/C38H58N4O6/c1-4-7-10-13-14-15-18-21-30(35(45)39-41-37(47)31-26-28(22-24-33(31)43)19-16-11-8-5-2)36(46)40-42-38(48)32-27-29(23-25-34(32)44)20-17-12-9-6-3/h22-27,30,43-44H,4-21H2,1-3H3,(H,39,45)(H,40,46)(H,41,47)(H,42,48). The molecule has 0 aliphatic carbocycles. The van der Waals surface area contributed by atoms with E-state index in [-0.39, 0.29) is 29.0 Å². The molecule has 2 aromatic carbocycles. The number of benzene rings is 2. The number of aromatic hydroxyl groups is 2. The van der Waals surface area contributed by atoms with Crippen molar-refractivity contribution in [3.05, 3.63) is 58.7 Å². The summed E-state index contributed by atoms with van der Waals surface area (Å²) < 4.78 is 0. The lowest BCUT2D eigenvalue weighted by molar-refractivity contribution is -0.136. The highest BCUT2D eigenvalue weighted by molar-refractivity contribution is 6.04. The Morgan fingerprint density at radius 2 is 0.896 bits per heavy atom. The number of hydrogen-bond donors (Lipinski definition) is 6. The largest absolute Gasteiger partial charge is 0.507 e. The molecule has 0 saturated carbocycles. The molecule has 10 nitrogen and oxygen atoms in total. The van der Waals surface area contributed by atoms with Crippen LogP contribution in [-0.2, 0) is 22.4 Å². The number of carbonyl (C=O) groups excluding carboxylic acids is 4. The number of rotatable bonds is 22. The molecule has 0 saturated heterocycles. The van der Waals surface area contributed by atoms with Gasteiger partial charge < -0.3 is 10.2 Å². The third kappa shape index (κ3) is 14.8. The smallest absolute Gasteiger partial charge is 0.273 e. The van der Waals surface area contributed by atoms with E-state index in [2.05, 4.69) is 42.5 Å². The summed E-state index contributed by atoms with van der Waals surface area (Å²) in [5.41, 5.74) is 11.2. The SMILES string of the molecule is CCCCCCCCCC(C(=O)NNC(=O)c1cc(CCCCCC)ccc1O)C(=O)NNC(=O)c1cc(CCCCCC)ccc1O. The van der Waals surface area contributed by atoms with Gasteiger partial charge >= 0.3 is 0 Å². The second-order valence-electron chi connectivity index (χ2n) is 12.7. The number of unbranched alkanes of at least 4 members (excludes halogenated alkanes) is 12. The van der Waals surface area contributed by atoms with Crippen molar-refractivity contribution in [2.75, 3.05) is 0 Å². The van der Waals surface area contributed by atoms with Gasteiger partial charge in [0.2, 0.25) is 0 Å². The van der Waals surface area contributed by atoms with Gasteiger partial charge in [0.1, 0.15) is 17.4 Å². The van der Waals surface area contributed by atoms with Crippen LogP contribution in [0.15, 0.2) is 36.4 Å². The molecule has 2 aromatic rings. The van der Waals surface area contributed by atoms with E-state index in [9.17, 15) is 29.4 Å². The van der Waals surface area contributed by atoms with Crippen molar-refractivity contribution in [1.82, 2.24) is 21.7 Å². The predicted octanol–water partition coefficient (Wildman–Crippen LogP) is 7.32. The Hall–Kier alpha value is -4.08. The highest BCUT2D eigenvalue weighted by Gasteiger charge is 2.28. The Kier molecular flexibility index (Phi) is 19.4. The molecule has 266 valence electrons. The normalized spacial score (nSPS) is 10.9. The average Bonchev–Trinajstić information content (AvgIpc) is 3.08. The van der Waals surface area contributed by atoms with Crippen LogP contribution in [0.4, 0.5) is 0 Å². The van der Waals surface area contributed by atoms with Gasteiger partial charge in [0.25, 0.3) is 23.6 Å². The Bertz CT molecular complexity index is 1210. The van der Waals surface area contributed by atoms with Gasteiger partial charge in [0.05, 0.1) is 11.1 Å². The first-order chi connectivity index (χ1) is 23.2. The summed E-state index contributed by atoms with van der Waals surface area (Å²) in [4.78, 5) is 52.4. The summed E-state index contributed by atoms with van der Waals surface area (Å²) in [6, 6.07) is 9.69. The topological polar surface area (TPSA) is 157 Å². The van der Waals surface area contributed by atoms with Crippen LogP contribution in [0.3, 0.4) is 0 Å². The van der Waals surface area contributed by atoms with Crippen LogP contribution in [0.25, 0.3) is 0 Å². The summed E-state index contributed by atoms with van der Waals surface area (Å²) in [6.45, 7) is 6.42. The van der Waals surface area contributed by atoms with Crippen molar-refractivity contribution >= 4 is 23.6 Å².